The van der Waals surface area contributed by atoms with Crippen molar-refractivity contribution in [2.45, 2.75) is 309 Å². The normalized spacial score (nSPS) is 7.95. The van der Waals surface area contributed by atoms with Crippen molar-refractivity contribution in [1.29, 1.82) is 0 Å². The fraction of sp³-hybridized carbons (Fsp3) is 0.441. The number of nitrogens with zero attached hydrogens (tertiary/aromatic N) is 27. The van der Waals surface area contributed by atoms with E-state index in [2.05, 4.69) is 160 Å². The highest BCUT2D eigenvalue weighted by atomic mass is 32.2. The second-order valence-electron chi connectivity index (χ2n) is 19.8. The molecule has 14 aromatic rings. The first kappa shape index (κ1) is 149. The molecule has 0 fully saturated rings. The van der Waals surface area contributed by atoms with Gasteiger partial charge in [-0.15, -0.1) is 27.1 Å². The van der Waals surface area contributed by atoms with Gasteiger partial charge in [-0.05, 0) is 196 Å². The van der Waals surface area contributed by atoms with Crippen molar-refractivity contribution in [1.82, 2.24) is 136 Å². The van der Waals surface area contributed by atoms with Crippen molar-refractivity contribution < 1.29 is 0 Å². The Balaban J connectivity index is -0.0000000909. The quantitative estimate of drug-likeness (QED) is 0.136. The number of hydrogen-bond acceptors (Lipinski definition) is 28. The molecule has 1 aliphatic heterocycles. The Bertz CT molecular complexity index is 3150. The highest BCUT2D eigenvalue weighted by Crippen LogP contribution is 2.29. The Morgan fingerprint density at radius 2 is 0.631 bits per heavy atom. The molecule has 0 saturated heterocycles. The van der Waals surface area contributed by atoms with Crippen molar-refractivity contribution in [3.8, 4) is 0 Å². The average molecular weight is 1810 g/mol. The summed E-state index contributed by atoms with van der Waals surface area (Å²) in [6.07, 6.45) is 47.1. The molecule has 15 rings (SSSR count). The minimum atomic E-state index is 0.711. The Hall–Kier alpha value is -12.5. The molecule has 0 atom stereocenters. The first-order valence-electron chi connectivity index (χ1n) is 45.7. The zero-order valence-corrected chi connectivity index (χ0v) is 89.2. The molecular weight excluding hydrogens is 1640 g/mol. The largest absolute Gasteiger partial charge is 0.265 e. The first-order valence-corrected chi connectivity index (χ1v) is 46.7. The van der Waals surface area contributed by atoms with E-state index in [0.717, 1.165) is 51.1 Å². The van der Waals surface area contributed by atoms with Gasteiger partial charge in [-0.3, -0.25) is 24.9 Å². The van der Waals surface area contributed by atoms with E-state index in [9.17, 15) is 0 Å². The maximum Gasteiger partial charge on any atom is 0.147 e. The predicted molar refractivity (Wildman–Crippen MR) is 557 cm³/mol. The van der Waals surface area contributed by atoms with Crippen LogP contribution in [0.25, 0.3) is 0 Å². The van der Waals surface area contributed by atoms with Crippen LogP contribution in [0.2, 0.25) is 0 Å². The number of hydrogen-bond donors (Lipinski definition) is 0. The van der Waals surface area contributed by atoms with Gasteiger partial charge in [0.2, 0.25) is 0 Å². The summed E-state index contributed by atoms with van der Waals surface area (Å²) in [5.74, 6) is 2.84. The second kappa shape index (κ2) is 145. The van der Waals surface area contributed by atoms with Gasteiger partial charge in [0.1, 0.15) is 55.9 Å². The van der Waals surface area contributed by atoms with Crippen LogP contribution in [0.1, 0.15) is 288 Å². The molecule has 14 heterocycles. The second-order valence-corrected chi connectivity index (χ2v) is 20.9. The van der Waals surface area contributed by atoms with Gasteiger partial charge in [0.05, 0.1) is 47.6 Å². The SMILES string of the molecule is CC.CC.CC.CC.CC.CC.CC.CC.CC.CC.CC.CC.CC.CC.CC.Cc1ccccn1.Cc1cccnc1.Cc1cccnn1.Cc1ccncc1.Cc1ccncn1.Cc1ccnnc1.Cc1cnccn1.Cc1cncnc1.Cc1cncnn1.Cc1cnncn1.Cc1ncccn1.Cc1nccnn1.c1ccc2c(c1)CCCS2.c1ncncn1. The van der Waals surface area contributed by atoms with Gasteiger partial charge in [-0.1, -0.05) is 238 Å². The van der Waals surface area contributed by atoms with Crippen molar-refractivity contribution in [2.24, 2.45) is 0 Å². The standard InChI is InChI=1S/C9H10S.3C6H7N.6C5H6N2.3C4H5N3.C3H3N3.15C2H6/c1-2-6-9-8(4-1)5-3-7-10-9;1-6-2-4-7-5-3-6;1-6-3-2-4-7-5-6;1-6-4-2-3-5-7-6;1-5-2-6-4-7-3-5;1-5-4-6-2-3-7-5;1-5-2-3-6-4-7-5;1-5-2-3-6-7-4-5;1-5-6-3-2-4-7-5;1-5-3-2-4-6-7-5;1-4-2-6-7-3-5-4;1-4-2-5-3-6-7-4;1-4-5-2-3-6-7-4;1-4-2-6-3-5-1;15*1-2/h1-2,4,6H,3,5,7H2;3*2-5H,1H3;6*2-4H,1H3;3*2-3H,1H3;1-3H;15*1-2H3. The Labute approximate surface area is 796 Å². The highest BCUT2D eigenvalue weighted by molar-refractivity contribution is 7.99. The van der Waals surface area contributed by atoms with Gasteiger partial charge in [-0.2, -0.15) is 35.7 Å². The lowest BCUT2D eigenvalue weighted by Crippen LogP contribution is -1.96. The summed E-state index contributed by atoms with van der Waals surface area (Å²) >= 11 is 1.99. The summed E-state index contributed by atoms with van der Waals surface area (Å²) in [6, 6.07) is 31.8. The van der Waals surface area contributed by atoms with Crippen molar-refractivity contribution in [2.75, 3.05) is 5.75 Å². The Morgan fingerprint density at radius 3 is 0.892 bits per heavy atom. The van der Waals surface area contributed by atoms with Gasteiger partial charge in [-0.25, -0.2) is 59.8 Å². The van der Waals surface area contributed by atoms with E-state index in [-0.39, 0.29) is 0 Å². The summed E-state index contributed by atoms with van der Waals surface area (Å²) in [5.41, 5.74) is 12.0. The molecule has 0 aliphatic carbocycles. The molecule has 0 unspecified atom stereocenters. The highest BCUT2D eigenvalue weighted by Gasteiger charge is 2.06. The van der Waals surface area contributed by atoms with Crippen LogP contribution in [0.15, 0.2) is 270 Å². The Kier molecular flexibility index (Phi) is 166. The van der Waals surface area contributed by atoms with Crippen LogP contribution >= 0.6 is 11.8 Å². The summed E-state index contributed by atoms with van der Waals surface area (Å²) in [6.45, 7) is 83.1. The number of benzene rings is 1. The molecule has 0 N–H and O–H groups in total. The lowest BCUT2D eigenvalue weighted by Gasteiger charge is -2.13. The van der Waals surface area contributed by atoms with Crippen LogP contribution in [0, 0.1) is 83.1 Å². The topological polar surface area (TPSA) is 348 Å². The molecule has 724 valence electrons. The number of pyridine rings is 3. The van der Waals surface area contributed by atoms with E-state index in [1.807, 2.05) is 369 Å². The summed E-state index contributed by atoms with van der Waals surface area (Å²) < 4.78 is 0. The summed E-state index contributed by atoms with van der Waals surface area (Å²) in [4.78, 5) is 65.8. The molecule has 1 aliphatic rings. The monoisotopic (exact) mass is 1810 g/mol. The molecule has 0 bridgehead atoms. The predicted octanol–water partition coefficient (Wildman–Crippen LogP) is 27.4. The van der Waals surface area contributed by atoms with E-state index < -0.39 is 0 Å². The van der Waals surface area contributed by atoms with Gasteiger partial charge < -0.3 is 0 Å². The van der Waals surface area contributed by atoms with E-state index in [0.29, 0.717) is 5.82 Å². The van der Waals surface area contributed by atoms with E-state index >= 15 is 0 Å². The molecular formula is C102H175N27S. The molecule has 1 aromatic carbocycles. The van der Waals surface area contributed by atoms with Crippen molar-refractivity contribution in [3.05, 3.63) is 339 Å². The summed E-state index contributed by atoms with van der Waals surface area (Å²) in [5, 5.41) is 36.0. The minimum Gasteiger partial charge on any atom is -0.265 e. The average Bonchev–Trinajstić information content (AvgIpc) is 0.870. The Morgan fingerprint density at radius 1 is 0.200 bits per heavy atom. The smallest absolute Gasteiger partial charge is 0.147 e. The molecule has 130 heavy (non-hydrogen) atoms. The molecule has 0 spiro atoms. The number of aryl methyl sites for hydroxylation is 13. The van der Waals surface area contributed by atoms with Gasteiger partial charge in [0, 0.05) is 115 Å². The van der Waals surface area contributed by atoms with E-state index in [1.165, 1.54) is 78.9 Å². The fourth-order valence-corrected chi connectivity index (χ4v) is 7.00. The maximum absolute atomic E-state index is 3.98. The minimum absolute atomic E-state index is 0.711. The third-order valence-corrected chi connectivity index (χ3v) is 12.0. The molecule has 0 amide bonds. The van der Waals surface area contributed by atoms with Crippen LogP contribution < -0.4 is 0 Å². The number of rotatable bonds is 0. The summed E-state index contributed by atoms with van der Waals surface area (Å²) in [7, 11) is 0. The number of fused-ring (bicyclic) bond motifs is 1. The lowest BCUT2D eigenvalue weighted by atomic mass is 10.1. The van der Waals surface area contributed by atoms with Crippen LogP contribution in [0.5, 0.6) is 0 Å². The lowest BCUT2D eigenvalue weighted by molar-refractivity contribution is 0.890. The zero-order valence-electron chi connectivity index (χ0n) is 88.4. The van der Waals surface area contributed by atoms with E-state index in [4.69, 9.17) is 0 Å². The van der Waals surface area contributed by atoms with Crippen LogP contribution in [-0.2, 0) is 6.42 Å². The van der Waals surface area contributed by atoms with Gasteiger partial charge in [0.25, 0.3) is 0 Å². The number of aromatic nitrogens is 27. The third kappa shape index (κ3) is 131. The van der Waals surface area contributed by atoms with E-state index in [1.54, 1.807) is 136 Å². The molecule has 0 radical (unpaired) electrons. The number of thioether (sulfide) groups is 1. The third-order valence-electron chi connectivity index (χ3n) is 10.8. The van der Waals surface area contributed by atoms with Crippen molar-refractivity contribution >= 4 is 11.8 Å². The maximum atomic E-state index is 3.98. The molecule has 27 nitrogen and oxygen atoms in total. The molecule has 0 saturated carbocycles. The molecule has 13 aromatic heterocycles. The van der Waals surface area contributed by atoms with Crippen molar-refractivity contribution in [3.63, 3.8) is 0 Å². The first-order chi connectivity index (χ1) is 63.7. The molecule has 28 heteroatoms. The van der Waals surface area contributed by atoms with Crippen LogP contribution in [0.4, 0.5) is 0 Å². The fourth-order valence-electron chi connectivity index (χ4n) is 5.96. The van der Waals surface area contributed by atoms with Crippen LogP contribution in [-0.4, -0.2) is 141 Å². The van der Waals surface area contributed by atoms with Gasteiger partial charge in [0.15, 0.2) is 0 Å². The van der Waals surface area contributed by atoms with Crippen LogP contribution in [0.3, 0.4) is 0 Å². The zero-order chi connectivity index (χ0) is 102. The van der Waals surface area contributed by atoms with Gasteiger partial charge >= 0.3 is 0 Å².